The molecule has 1 aromatic heterocycles. The Morgan fingerprint density at radius 3 is 3.00 bits per heavy atom. The third-order valence-corrected chi connectivity index (χ3v) is 4.12. The molecule has 0 spiro atoms. The van der Waals surface area contributed by atoms with Crippen molar-refractivity contribution >= 4 is 23.4 Å². The largest absolute Gasteiger partial charge is 0.487 e. The summed E-state index contributed by atoms with van der Waals surface area (Å²) in [4.78, 5) is 29.7. The fourth-order valence-electron chi connectivity index (χ4n) is 2.49. The van der Waals surface area contributed by atoms with E-state index >= 15 is 0 Å². The second kappa shape index (κ2) is 6.92. The first kappa shape index (κ1) is 16.3. The summed E-state index contributed by atoms with van der Waals surface area (Å²) in [6.45, 7) is 0.957. The monoisotopic (exact) mass is 348 g/mol. The summed E-state index contributed by atoms with van der Waals surface area (Å²) in [6, 6.07) is 6.86. The first-order valence-electron chi connectivity index (χ1n) is 7.53. The zero-order chi connectivity index (χ0) is 17.1. The number of nitrogens with one attached hydrogen (secondary N) is 1. The lowest BCUT2D eigenvalue weighted by molar-refractivity contribution is 0.195. The van der Waals surface area contributed by atoms with Gasteiger partial charge in [-0.25, -0.2) is 9.78 Å². The van der Waals surface area contributed by atoms with Crippen LogP contribution < -0.4 is 15.6 Å². The summed E-state index contributed by atoms with van der Waals surface area (Å²) in [5.74, 6) is 0.616. The first-order valence-corrected chi connectivity index (χ1v) is 7.91. The van der Waals surface area contributed by atoms with Crippen molar-refractivity contribution in [3.63, 3.8) is 0 Å². The van der Waals surface area contributed by atoms with Crippen LogP contribution in [0.25, 0.3) is 0 Å². The number of carbonyl (C=O) groups excluding carboxylic acids is 1. The molecule has 1 unspecified atom stereocenters. The number of amides is 2. The van der Waals surface area contributed by atoms with Crippen LogP contribution >= 0.6 is 11.6 Å². The lowest BCUT2D eigenvalue weighted by Gasteiger charge is -2.18. The molecule has 0 aliphatic carbocycles. The fraction of sp³-hybridized carbons (Fsp3) is 0.312. The van der Waals surface area contributed by atoms with Gasteiger partial charge in [0.2, 0.25) is 5.82 Å². The van der Waals surface area contributed by atoms with Crippen molar-refractivity contribution in [2.24, 2.45) is 7.05 Å². The van der Waals surface area contributed by atoms with E-state index in [0.717, 1.165) is 0 Å². The van der Waals surface area contributed by atoms with Gasteiger partial charge in [0.15, 0.2) is 0 Å². The highest BCUT2D eigenvalue weighted by atomic mass is 35.5. The van der Waals surface area contributed by atoms with Crippen LogP contribution in [0.2, 0.25) is 5.02 Å². The molecule has 0 saturated carbocycles. The maximum atomic E-state index is 12.3. The predicted molar refractivity (Wildman–Crippen MR) is 90.6 cm³/mol. The van der Waals surface area contributed by atoms with Gasteiger partial charge < -0.3 is 14.2 Å². The normalized spacial score (nSPS) is 16.9. The summed E-state index contributed by atoms with van der Waals surface area (Å²) in [6.07, 6.45) is 3.55. The molecule has 1 aromatic carbocycles. The Bertz CT molecular complexity index is 808. The summed E-state index contributed by atoms with van der Waals surface area (Å²) < 4.78 is 7.20. The number of carbonyl (C=O) groups is 1. The van der Waals surface area contributed by atoms with E-state index in [2.05, 4.69) is 10.3 Å². The average molecular weight is 349 g/mol. The number of likely N-dealkylation sites (tertiary alicyclic amines) is 1. The van der Waals surface area contributed by atoms with Gasteiger partial charge in [0, 0.05) is 32.4 Å². The standard InChI is InChI=1S/C16H17ClN4O3/c1-20-9-7-18-14(15(20)22)19-16(23)21-8-6-11(10-21)24-13-5-3-2-4-12(13)17/h2-5,7,9,11H,6,8,10H2,1H3,(H,18,19,23). The molecule has 1 fully saturated rings. The van der Waals surface area contributed by atoms with Crippen LogP contribution in [0.5, 0.6) is 5.75 Å². The Balaban J connectivity index is 1.61. The maximum absolute atomic E-state index is 12.3. The molecular weight excluding hydrogens is 332 g/mol. The Kier molecular flexibility index (Phi) is 4.71. The third-order valence-electron chi connectivity index (χ3n) is 3.80. The molecule has 0 radical (unpaired) electrons. The van der Waals surface area contributed by atoms with Gasteiger partial charge in [0.25, 0.3) is 5.56 Å². The van der Waals surface area contributed by atoms with Crippen molar-refractivity contribution < 1.29 is 9.53 Å². The molecule has 1 aliphatic heterocycles. The van der Waals surface area contributed by atoms with E-state index in [-0.39, 0.29) is 23.5 Å². The minimum Gasteiger partial charge on any atom is -0.487 e. The summed E-state index contributed by atoms with van der Waals surface area (Å²) in [7, 11) is 1.60. The van der Waals surface area contributed by atoms with Crippen LogP contribution in [-0.4, -0.2) is 39.7 Å². The van der Waals surface area contributed by atoms with Crippen LogP contribution in [0, 0.1) is 0 Å². The highest BCUT2D eigenvalue weighted by Gasteiger charge is 2.28. The van der Waals surface area contributed by atoms with Crippen molar-refractivity contribution in [2.75, 3.05) is 18.4 Å². The number of para-hydroxylation sites is 1. The van der Waals surface area contributed by atoms with E-state index in [0.29, 0.717) is 30.3 Å². The van der Waals surface area contributed by atoms with E-state index in [1.54, 1.807) is 24.1 Å². The van der Waals surface area contributed by atoms with E-state index in [9.17, 15) is 9.59 Å². The van der Waals surface area contributed by atoms with Crippen molar-refractivity contribution in [3.8, 4) is 5.75 Å². The summed E-state index contributed by atoms with van der Waals surface area (Å²) in [5, 5.41) is 3.09. The molecule has 1 N–H and O–H groups in total. The van der Waals surface area contributed by atoms with Gasteiger partial charge in [0.05, 0.1) is 11.6 Å². The third kappa shape index (κ3) is 3.51. The number of hydrogen-bond acceptors (Lipinski definition) is 4. The van der Waals surface area contributed by atoms with Gasteiger partial charge in [0.1, 0.15) is 11.9 Å². The predicted octanol–water partition coefficient (Wildman–Crippen LogP) is 2.12. The van der Waals surface area contributed by atoms with E-state index in [4.69, 9.17) is 16.3 Å². The fourth-order valence-corrected chi connectivity index (χ4v) is 2.67. The lowest BCUT2D eigenvalue weighted by Crippen LogP contribution is -2.37. The molecular formula is C16H17ClN4O3. The Labute approximate surface area is 143 Å². The van der Waals surface area contributed by atoms with Gasteiger partial charge in [-0.05, 0) is 12.1 Å². The number of rotatable bonds is 3. The number of halogens is 1. The van der Waals surface area contributed by atoms with Crippen LogP contribution in [0.1, 0.15) is 6.42 Å². The van der Waals surface area contributed by atoms with Crippen LogP contribution in [-0.2, 0) is 7.05 Å². The van der Waals surface area contributed by atoms with Crippen molar-refractivity contribution in [1.82, 2.24) is 14.5 Å². The number of urea groups is 1. The van der Waals surface area contributed by atoms with Crippen LogP contribution in [0.15, 0.2) is 41.5 Å². The quantitative estimate of drug-likeness (QED) is 0.921. The molecule has 3 rings (SSSR count). The summed E-state index contributed by atoms with van der Waals surface area (Å²) in [5.41, 5.74) is -0.353. The SMILES string of the molecule is Cn1ccnc(NC(=O)N2CCC(Oc3ccccc3Cl)C2)c1=O. The smallest absolute Gasteiger partial charge is 0.323 e. The molecule has 2 aromatic rings. The lowest BCUT2D eigenvalue weighted by atomic mass is 10.3. The van der Waals surface area contributed by atoms with Crippen molar-refractivity contribution in [3.05, 3.63) is 52.0 Å². The Morgan fingerprint density at radius 1 is 1.42 bits per heavy atom. The number of aryl methyl sites for hydroxylation is 1. The molecule has 0 bridgehead atoms. The molecule has 1 atom stereocenters. The number of ether oxygens (including phenoxy) is 1. The Morgan fingerprint density at radius 2 is 2.21 bits per heavy atom. The number of nitrogens with zero attached hydrogens (tertiary/aromatic N) is 3. The molecule has 24 heavy (non-hydrogen) atoms. The van der Waals surface area contributed by atoms with Gasteiger partial charge in [-0.1, -0.05) is 23.7 Å². The second-order valence-corrected chi connectivity index (χ2v) is 5.93. The number of benzene rings is 1. The van der Waals surface area contributed by atoms with Crippen LogP contribution in [0.3, 0.4) is 0 Å². The first-order chi connectivity index (χ1) is 11.5. The average Bonchev–Trinajstić information content (AvgIpc) is 3.03. The number of anilines is 1. The Hall–Kier alpha value is -2.54. The highest BCUT2D eigenvalue weighted by molar-refractivity contribution is 6.32. The molecule has 1 aliphatic rings. The minimum absolute atomic E-state index is 0.0143. The zero-order valence-corrected chi connectivity index (χ0v) is 13.9. The molecule has 2 heterocycles. The number of hydrogen-bond donors (Lipinski definition) is 1. The molecule has 2 amide bonds. The molecule has 1 saturated heterocycles. The van der Waals surface area contributed by atoms with E-state index < -0.39 is 0 Å². The van der Waals surface area contributed by atoms with Crippen molar-refractivity contribution in [1.29, 1.82) is 0 Å². The van der Waals surface area contributed by atoms with Crippen molar-refractivity contribution in [2.45, 2.75) is 12.5 Å². The minimum atomic E-state index is -0.365. The van der Waals surface area contributed by atoms with Gasteiger partial charge in [-0.2, -0.15) is 0 Å². The molecule has 8 heteroatoms. The van der Waals surface area contributed by atoms with E-state index in [1.807, 2.05) is 12.1 Å². The van der Waals surface area contributed by atoms with Gasteiger partial charge in [-0.15, -0.1) is 0 Å². The zero-order valence-electron chi connectivity index (χ0n) is 13.1. The maximum Gasteiger partial charge on any atom is 0.323 e. The van der Waals surface area contributed by atoms with Gasteiger partial charge in [-0.3, -0.25) is 10.1 Å². The highest BCUT2D eigenvalue weighted by Crippen LogP contribution is 2.26. The van der Waals surface area contributed by atoms with Crippen LogP contribution in [0.4, 0.5) is 10.6 Å². The second-order valence-electron chi connectivity index (χ2n) is 5.53. The number of aromatic nitrogens is 2. The molecule has 7 nitrogen and oxygen atoms in total. The molecule has 126 valence electrons. The summed E-state index contributed by atoms with van der Waals surface area (Å²) >= 11 is 6.08. The topological polar surface area (TPSA) is 76.5 Å². The van der Waals surface area contributed by atoms with E-state index in [1.165, 1.54) is 17.0 Å². The van der Waals surface area contributed by atoms with Gasteiger partial charge >= 0.3 is 6.03 Å².